The maximum Gasteiger partial charge on any atom is 0.222 e. The van der Waals surface area contributed by atoms with E-state index in [1.165, 1.54) is 6.92 Å². The van der Waals surface area contributed by atoms with Crippen molar-refractivity contribution in [2.24, 2.45) is 7.05 Å². The normalized spacial score (nSPS) is 10.0. The molecule has 0 saturated heterocycles. The predicted molar refractivity (Wildman–Crippen MR) is 54.2 cm³/mol. The molecule has 0 radical (unpaired) electrons. The quantitative estimate of drug-likeness (QED) is 0.684. The van der Waals surface area contributed by atoms with Crippen LogP contribution in [-0.2, 0) is 11.8 Å². The van der Waals surface area contributed by atoms with Crippen LogP contribution in [0.25, 0.3) is 5.82 Å². The molecule has 0 aliphatic rings. The highest BCUT2D eigenvalue weighted by atomic mass is 16.1. The SMILES string of the molecule is C=C(NC(C)=O)n1c(C)cc(C)[n+]1C. The van der Waals surface area contributed by atoms with Crippen LogP contribution in [0.5, 0.6) is 0 Å². The molecule has 14 heavy (non-hydrogen) atoms. The van der Waals surface area contributed by atoms with Gasteiger partial charge in [-0.25, -0.2) is 0 Å². The molecule has 0 bridgehead atoms. The highest BCUT2D eigenvalue weighted by Gasteiger charge is 2.15. The lowest BCUT2D eigenvalue weighted by atomic mass is 10.4. The molecule has 1 aromatic heterocycles. The average molecular weight is 194 g/mol. The topological polar surface area (TPSA) is 37.9 Å². The summed E-state index contributed by atoms with van der Waals surface area (Å²) in [4.78, 5) is 10.9. The van der Waals surface area contributed by atoms with Crippen LogP contribution in [0.3, 0.4) is 0 Å². The Kier molecular flexibility index (Phi) is 2.74. The van der Waals surface area contributed by atoms with Crippen molar-refractivity contribution < 1.29 is 9.48 Å². The van der Waals surface area contributed by atoms with Crippen LogP contribution in [0.1, 0.15) is 18.3 Å². The molecular formula is C10H16N3O+. The van der Waals surface area contributed by atoms with Gasteiger partial charge in [-0.2, -0.15) is 0 Å². The smallest absolute Gasteiger partial charge is 0.222 e. The van der Waals surface area contributed by atoms with Crippen molar-refractivity contribution in [2.75, 3.05) is 0 Å². The van der Waals surface area contributed by atoms with Gasteiger partial charge in [-0.1, -0.05) is 6.58 Å². The highest BCUT2D eigenvalue weighted by molar-refractivity contribution is 5.79. The number of hydrogen-bond acceptors (Lipinski definition) is 1. The zero-order valence-corrected chi connectivity index (χ0v) is 9.09. The van der Waals surface area contributed by atoms with E-state index in [0.29, 0.717) is 5.82 Å². The molecule has 0 aliphatic heterocycles. The third kappa shape index (κ3) is 1.84. The van der Waals surface area contributed by atoms with Crippen molar-refractivity contribution in [2.45, 2.75) is 20.8 Å². The van der Waals surface area contributed by atoms with Gasteiger partial charge in [0.15, 0.2) is 12.9 Å². The van der Waals surface area contributed by atoms with Gasteiger partial charge in [0.1, 0.15) is 0 Å². The van der Waals surface area contributed by atoms with Gasteiger partial charge in [0.05, 0.1) is 5.69 Å². The number of aryl methyl sites for hydroxylation is 2. The van der Waals surface area contributed by atoms with Gasteiger partial charge in [-0.3, -0.25) is 4.79 Å². The second-order valence-electron chi connectivity index (χ2n) is 3.39. The Hall–Kier alpha value is -1.58. The molecule has 0 saturated carbocycles. The molecule has 0 fully saturated rings. The van der Waals surface area contributed by atoms with Crippen LogP contribution < -0.4 is 10.00 Å². The van der Waals surface area contributed by atoms with Crippen molar-refractivity contribution in [3.63, 3.8) is 0 Å². The first-order valence-corrected chi connectivity index (χ1v) is 4.45. The van der Waals surface area contributed by atoms with Gasteiger partial charge >= 0.3 is 0 Å². The number of rotatable bonds is 2. The van der Waals surface area contributed by atoms with E-state index in [2.05, 4.69) is 11.9 Å². The summed E-state index contributed by atoms with van der Waals surface area (Å²) < 4.78 is 3.80. The third-order valence-corrected chi connectivity index (χ3v) is 2.14. The first-order valence-electron chi connectivity index (χ1n) is 4.45. The zero-order valence-electron chi connectivity index (χ0n) is 9.09. The van der Waals surface area contributed by atoms with E-state index in [1.54, 1.807) is 0 Å². The molecule has 1 aromatic rings. The number of nitrogens with zero attached hydrogens (tertiary/aromatic N) is 2. The summed E-state index contributed by atoms with van der Waals surface area (Å²) in [6.45, 7) is 9.26. The van der Waals surface area contributed by atoms with Crippen molar-refractivity contribution >= 4 is 11.7 Å². The summed E-state index contributed by atoms with van der Waals surface area (Å²) in [5, 5.41) is 2.66. The van der Waals surface area contributed by atoms with Crippen molar-refractivity contribution in [3.05, 3.63) is 24.0 Å². The van der Waals surface area contributed by atoms with Crippen molar-refractivity contribution in [1.82, 2.24) is 10.00 Å². The fourth-order valence-electron chi connectivity index (χ4n) is 1.50. The Bertz CT molecular complexity index is 390. The molecular weight excluding hydrogens is 178 g/mol. The summed E-state index contributed by atoms with van der Waals surface area (Å²) in [7, 11) is 1.93. The Morgan fingerprint density at radius 2 is 2.14 bits per heavy atom. The van der Waals surface area contributed by atoms with Gasteiger partial charge < -0.3 is 5.32 Å². The highest BCUT2D eigenvalue weighted by Crippen LogP contribution is 2.03. The van der Waals surface area contributed by atoms with Crippen molar-refractivity contribution in [3.8, 4) is 0 Å². The second kappa shape index (κ2) is 3.65. The van der Waals surface area contributed by atoms with Gasteiger partial charge in [0, 0.05) is 19.9 Å². The van der Waals surface area contributed by atoms with Crippen LogP contribution in [0, 0.1) is 13.8 Å². The Balaban J connectivity index is 3.06. The molecule has 1 N–H and O–H groups in total. The summed E-state index contributed by atoms with van der Waals surface area (Å²) in [6, 6.07) is 2.03. The standard InChI is InChI=1S/C10H15N3O/c1-7-6-8(2)13(12(7)5)9(3)11-10(4)14/h6H,3H2,1-2,4-5H3/p+1. The molecule has 0 aromatic carbocycles. The first-order chi connectivity index (χ1) is 6.43. The van der Waals surface area contributed by atoms with Crippen LogP contribution in [-0.4, -0.2) is 10.6 Å². The average Bonchev–Trinajstić information content (AvgIpc) is 2.25. The molecule has 0 unspecified atom stereocenters. The molecule has 1 amide bonds. The number of carbonyl (C=O) groups excluding carboxylic acids is 1. The Labute approximate surface area is 83.8 Å². The van der Waals surface area contributed by atoms with Gasteiger partial charge in [-0.05, 0) is 6.92 Å². The fraction of sp³-hybridized carbons (Fsp3) is 0.400. The van der Waals surface area contributed by atoms with Crippen LogP contribution >= 0.6 is 0 Å². The first kappa shape index (κ1) is 10.5. The minimum atomic E-state index is -0.110. The molecule has 4 nitrogen and oxygen atoms in total. The van der Waals surface area contributed by atoms with Crippen LogP contribution in [0.2, 0.25) is 0 Å². The van der Waals surface area contributed by atoms with E-state index >= 15 is 0 Å². The molecule has 0 atom stereocenters. The van der Waals surface area contributed by atoms with Gasteiger partial charge in [-0.15, -0.1) is 9.36 Å². The monoisotopic (exact) mass is 194 g/mol. The summed E-state index contributed by atoms with van der Waals surface area (Å²) in [5.41, 5.74) is 2.16. The molecule has 76 valence electrons. The predicted octanol–water partition coefficient (Wildman–Crippen LogP) is 0.494. The van der Waals surface area contributed by atoms with E-state index in [9.17, 15) is 4.79 Å². The van der Waals surface area contributed by atoms with Crippen LogP contribution in [0.15, 0.2) is 12.6 Å². The number of nitrogens with one attached hydrogen (secondary N) is 1. The third-order valence-electron chi connectivity index (χ3n) is 2.14. The van der Waals surface area contributed by atoms with E-state index in [-0.39, 0.29) is 5.91 Å². The number of hydrogen-bond donors (Lipinski definition) is 1. The maximum atomic E-state index is 10.9. The lowest BCUT2D eigenvalue weighted by Crippen LogP contribution is -2.43. The minimum absolute atomic E-state index is 0.110. The Morgan fingerprint density at radius 3 is 2.50 bits per heavy atom. The zero-order chi connectivity index (χ0) is 10.9. The summed E-state index contributed by atoms with van der Waals surface area (Å²) >= 11 is 0. The lowest BCUT2D eigenvalue weighted by molar-refractivity contribution is -0.748. The second-order valence-corrected chi connectivity index (χ2v) is 3.39. The number of aromatic nitrogens is 2. The van der Waals surface area contributed by atoms with E-state index in [1.807, 2.05) is 36.3 Å². The van der Waals surface area contributed by atoms with Gasteiger partial charge in [0.25, 0.3) is 0 Å². The van der Waals surface area contributed by atoms with Crippen molar-refractivity contribution in [1.29, 1.82) is 0 Å². The largest absolute Gasteiger partial charge is 0.308 e. The summed E-state index contributed by atoms with van der Waals surface area (Å²) in [6.07, 6.45) is 0. The van der Waals surface area contributed by atoms with Crippen LogP contribution in [0.4, 0.5) is 0 Å². The minimum Gasteiger partial charge on any atom is -0.308 e. The Morgan fingerprint density at radius 1 is 1.57 bits per heavy atom. The molecule has 4 heteroatoms. The van der Waals surface area contributed by atoms with E-state index < -0.39 is 0 Å². The molecule has 0 aliphatic carbocycles. The maximum absolute atomic E-state index is 10.9. The van der Waals surface area contributed by atoms with E-state index in [0.717, 1.165) is 11.4 Å². The molecule has 1 heterocycles. The molecule has 1 rings (SSSR count). The summed E-state index contributed by atoms with van der Waals surface area (Å²) in [5.74, 6) is 0.464. The van der Waals surface area contributed by atoms with E-state index in [4.69, 9.17) is 0 Å². The number of carbonyl (C=O) groups is 1. The van der Waals surface area contributed by atoms with Gasteiger partial charge in [0.2, 0.25) is 11.6 Å². The number of amides is 1. The lowest BCUT2D eigenvalue weighted by Gasteiger charge is -2.06. The fourth-order valence-corrected chi connectivity index (χ4v) is 1.50. The molecule has 0 spiro atoms.